The average Bonchev–Trinajstić information content (AvgIpc) is 4.08. The Bertz CT molecular complexity index is 4200. The Kier molecular flexibility index (Phi) is 8.22. The second-order valence-corrected chi connectivity index (χ2v) is 24.0. The molecule has 4 heterocycles. The summed E-state index contributed by atoms with van der Waals surface area (Å²) in [5.41, 5.74) is 15.8. The molecule has 0 spiro atoms. The van der Waals surface area contributed by atoms with Crippen molar-refractivity contribution in [1.29, 1.82) is 5.26 Å². The van der Waals surface area contributed by atoms with Crippen molar-refractivity contribution in [2.24, 2.45) is 0 Å². The largest absolute Gasteiger partial charge is 0.311 e. The third-order valence-electron chi connectivity index (χ3n) is 14.0. The molecule has 0 radical (unpaired) electrons. The first kappa shape index (κ1) is 38.8. The van der Waals surface area contributed by atoms with Gasteiger partial charge in [0.25, 0.3) is 0 Å². The third kappa shape index (κ3) is 5.72. The predicted molar refractivity (Wildman–Crippen MR) is 284 cm³/mol. The zero-order chi connectivity index (χ0) is 45.3. The maximum Gasteiger partial charge on any atom is 0.187 e. The zero-order valence-corrected chi connectivity index (χ0v) is 38.5. The number of aryl methyl sites for hydroxylation is 1. The van der Waals surface area contributed by atoms with E-state index in [1.54, 1.807) is 0 Å². The van der Waals surface area contributed by atoms with E-state index in [0.29, 0.717) is 11.3 Å². The normalized spacial score (nSPS) is 12.1. The molecular formula is C60H42N6Si. The molecule has 9 aromatic carbocycles. The lowest BCUT2D eigenvalue weighted by Crippen LogP contribution is -2.37. The van der Waals surface area contributed by atoms with Crippen LogP contribution in [0, 0.1) is 24.8 Å². The van der Waals surface area contributed by atoms with Crippen LogP contribution in [0.15, 0.2) is 182 Å². The number of nitrogens with zero attached hydrogens (tertiary/aromatic N) is 6. The second-order valence-electron chi connectivity index (χ2n) is 19.0. The molecule has 0 atom stereocenters. The van der Waals surface area contributed by atoms with Gasteiger partial charge in [-0.15, -0.1) is 0 Å². The van der Waals surface area contributed by atoms with E-state index in [1.165, 1.54) is 75.9 Å². The summed E-state index contributed by atoms with van der Waals surface area (Å²) in [6, 6.07) is 67.9. The molecule has 0 bridgehead atoms. The van der Waals surface area contributed by atoms with E-state index in [2.05, 4.69) is 202 Å². The van der Waals surface area contributed by atoms with Crippen molar-refractivity contribution in [2.45, 2.75) is 26.6 Å². The summed E-state index contributed by atoms with van der Waals surface area (Å²) < 4.78 is 4.98. The fourth-order valence-electron chi connectivity index (χ4n) is 10.8. The highest BCUT2D eigenvalue weighted by molar-refractivity contribution is 6.88. The molecule has 6 nitrogen and oxygen atoms in total. The van der Waals surface area contributed by atoms with Crippen molar-refractivity contribution in [3.8, 4) is 6.07 Å². The molecule has 0 unspecified atom stereocenters. The van der Waals surface area contributed by atoms with Gasteiger partial charge in [0.05, 0.1) is 59.4 Å². The number of rotatable bonds is 7. The predicted octanol–water partition coefficient (Wildman–Crippen LogP) is 16.2. The van der Waals surface area contributed by atoms with E-state index < -0.39 is 8.07 Å². The highest BCUT2D eigenvalue weighted by atomic mass is 28.3. The number of benzene rings is 9. The SMILES string of the molecule is [C-]#[N+]c1ccc(N(c2ccc(C)cc2)c2ccc3c4cccc5c6cc7c(cc6n(c3c2)c45)c2cccc3c4ccc(N(c5ccc(C#N)cc5)c5ccc([Si](C)(C)C)cc5)cc4n7c32)cc1. The van der Waals surface area contributed by atoms with E-state index in [4.69, 9.17) is 6.57 Å². The van der Waals surface area contributed by atoms with Crippen molar-refractivity contribution in [2.75, 3.05) is 9.80 Å². The highest BCUT2D eigenvalue weighted by Gasteiger charge is 2.25. The van der Waals surface area contributed by atoms with Gasteiger partial charge >= 0.3 is 0 Å². The van der Waals surface area contributed by atoms with Gasteiger partial charge in [0, 0.05) is 77.2 Å². The third-order valence-corrected chi connectivity index (χ3v) is 16.1. The standard InChI is InChI=1S/C60H42N6Si/c1-37-12-18-40(19-13-37)63(42-22-16-39(62-2)17-23-42)44-26-30-47-49-8-6-10-51-53-35-58-54(34-57(53)65(59(49)51)55(47)32-44)52-11-7-9-50-48-31-27-45(33-56(48)66(58)60(50)52)64(41-20-14-38(36-61)15-21-41)43-24-28-46(29-25-43)67(3,4)5/h6-35H,1,3-5H3. The number of para-hydroxylation sites is 2. The number of fused-ring (bicyclic) bond motifs is 12. The maximum absolute atomic E-state index is 9.68. The topological polar surface area (TPSA) is 43.5 Å². The maximum atomic E-state index is 9.68. The van der Waals surface area contributed by atoms with Crippen LogP contribution in [0.5, 0.6) is 0 Å². The molecule has 13 rings (SSSR count). The van der Waals surface area contributed by atoms with Gasteiger partial charge in [0.1, 0.15) is 0 Å². The first-order chi connectivity index (χ1) is 32.7. The molecule has 0 saturated carbocycles. The van der Waals surface area contributed by atoms with Gasteiger partial charge in [0.2, 0.25) is 0 Å². The van der Waals surface area contributed by atoms with Crippen LogP contribution in [0.2, 0.25) is 19.6 Å². The minimum Gasteiger partial charge on any atom is -0.311 e. The molecule has 67 heavy (non-hydrogen) atoms. The molecule has 7 heteroatoms. The number of hydrogen-bond acceptors (Lipinski definition) is 3. The van der Waals surface area contributed by atoms with Crippen LogP contribution in [0.1, 0.15) is 11.1 Å². The van der Waals surface area contributed by atoms with Gasteiger partial charge in [-0.1, -0.05) is 115 Å². The van der Waals surface area contributed by atoms with E-state index in [0.717, 1.165) is 45.2 Å². The van der Waals surface area contributed by atoms with Crippen LogP contribution in [0.3, 0.4) is 0 Å². The highest BCUT2D eigenvalue weighted by Crippen LogP contribution is 2.47. The van der Waals surface area contributed by atoms with Crippen LogP contribution >= 0.6 is 0 Å². The average molecular weight is 875 g/mol. The number of nitriles is 1. The summed E-state index contributed by atoms with van der Waals surface area (Å²) in [5, 5.41) is 20.9. The summed E-state index contributed by atoms with van der Waals surface area (Å²) in [5.74, 6) is 0. The smallest absolute Gasteiger partial charge is 0.187 e. The quantitative estimate of drug-likeness (QED) is 0.118. The first-order valence-corrected chi connectivity index (χ1v) is 26.3. The zero-order valence-electron chi connectivity index (χ0n) is 37.5. The molecule has 0 amide bonds. The van der Waals surface area contributed by atoms with Crippen molar-refractivity contribution < 1.29 is 0 Å². The van der Waals surface area contributed by atoms with Gasteiger partial charge in [-0.2, -0.15) is 5.26 Å². The van der Waals surface area contributed by atoms with Gasteiger partial charge in [-0.05, 0) is 104 Å². The molecule has 0 fully saturated rings. The monoisotopic (exact) mass is 874 g/mol. The Labute approximate surface area is 388 Å². The Morgan fingerprint density at radius 3 is 1.27 bits per heavy atom. The summed E-state index contributed by atoms with van der Waals surface area (Å²) >= 11 is 0. The number of aromatic nitrogens is 2. The van der Waals surface area contributed by atoms with Gasteiger partial charge in [-0.3, -0.25) is 0 Å². The van der Waals surface area contributed by atoms with Crippen molar-refractivity contribution >= 4 is 129 Å². The molecule has 13 aromatic rings. The minimum absolute atomic E-state index is 0.620. The molecule has 0 aliphatic carbocycles. The lowest BCUT2D eigenvalue weighted by molar-refractivity contribution is 1.27. The van der Waals surface area contributed by atoms with E-state index in [1.807, 2.05) is 36.4 Å². The summed E-state index contributed by atoms with van der Waals surface area (Å²) in [6.07, 6.45) is 0. The van der Waals surface area contributed by atoms with Crippen LogP contribution in [-0.2, 0) is 0 Å². The molecule has 0 saturated heterocycles. The van der Waals surface area contributed by atoms with E-state index in [-0.39, 0.29) is 0 Å². The van der Waals surface area contributed by atoms with Crippen molar-refractivity contribution in [3.05, 3.63) is 205 Å². The second kappa shape index (κ2) is 14.2. The van der Waals surface area contributed by atoms with Gasteiger partial charge in [0.15, 0.2) is 5.69 Å². The Morgan fingerprint density at radius 1 is 0.448 bits per heavy atom. The Balaban J connectivity index is 1.04. The fraction of sp³-hybridized carbons (Fsp3) is 0.0667. The van der Waals surface area contributed by atoms with Crippen LogP contribution < -0.4 is 15.0 Å². The summed E-state index contributed by atoms with van der Waals surface area (Å²) in [6.45, 7) is 16.8. The molecule has 4 aromatic heterocycles. The van der Waals surface area contributed by atoms with Crippen molar-refractivity contribution in [3.63, 3.8) is 0 Å². The number of anilines is 6. The minimum atomic E-state index is -1.52. The van der Waals surface area contributed by atoms with Gasteiger partial charge in [-0.25, -0.2) is 4.85 Å². The summed E-state index contributed by atoms with van der Waals surface area (Å²) in [7, 11) is -1.52. The Morgan fingerprint density at radius 2 is 0.836 bits per heavy atom. The molecule has 316 valence electrons. The van der Waals surface area contributed by atoms with E-state index in [9.17, 15) is 5.26 Å². The number of hydrogen-bond donors (Lipinski definition) is 0. The fourth-order valence-corrected chi connectivity index (χ4v) is 11.9. The summed E-state index contributed by atoms with van der Waals surface area (Å²) in [4.78, 5) is 8.27. The lowest BCUT2D eigenvalue weighted by Gasteiger charge is -2.27. The Hall–Kier alpha value is -8.62. The van der Waals surface area contributed by atoms with Crippen LogP contribution in [0.25, 0.3) is 81.0 Å². The van der Waals surface area contributed by atoms with Crippen LogP contribution in [0.4, 0.5) is 39.8 Å². The first-order valence-electron chi connectivity index (χ1n) is 22.8. The molecular weight excluding hydrogens is 833 g/mol. The lowest BCUT2D eigenvalue weighted by atomic mass is 10.0. The van der Waals surface area contributed by atoms with E-state index >= 15 is 0 Å². The van der Waals surface area contributed by atoms with Gasteiger partial charge < -0.3 is 18.6 Å². The van der Waals surface area contributed by atoms with Crippen LogP contribution in [-0.4, -0.2) is 16.9 Å². The molecule has 0 aliphatic rings. The van der Waals surface area contributed by atoms with Crippen molar-refractivity contribution in [1.82, 2.24) is 8.80 Å². The molecule has 0 N–H and O–H groups in total. The molecule has 0 aliphatic heterocycles.